The van der Waals surface area contributed by atoms with Gasteiger partial charge >= 0.3 is 0 Å². The van der Waals surface area contributed by atoms with Crippen LogP contribution in [0.2, 0.25) is 0 Å². The molecular formula is C25H22BrN3O5S. The molecule has 1 atom stereocenters. The van der Waals surface area contributed by atoms with Crippen LogP contribution < -0.4 is 4.72 Å². The van der Waals surface area contributed by atoms with Gasteiger partial charge in [-0.3, -0.25) is 24.2 Å². The summed E-state index contributed by atoms with van der Waals surface area (Å²) in [4.78, 5) is 24.1. The Morgan fingerprint density at radius 1 is 1.06 bits per heavy atom. The zero-order valence-electron chi connectivity index (χ0n) is 18.9. The van der Waals surface area contributed by atoms with Gasteiger partial charge in [-0.05, 0) is 36.8 Å². The minimum absolute atomic E-state index is 0.0121. The Hall–Kier alpha value is -3.50. The molecule has 1 unspecified atom stereocenters. The van der Waals surface area contributed by atoms with Gasteiger partial charge in [0.25, 0.3) is 10.0 Å². The van der Waals surface area contributed by atoms with E-state index in [4.69, 9.17) is 0 Å². The van der Waals surface area contributed by atoms with Crippen molar-refractivity contribution in [3.05, 3.63) is 104 Å². The SMILES string of the molecule is CC(=O)n1c(NS(=O)(=O)c2ccc(C)cc2)c(C(C[N+](=O)[O-])c2ccccc2Br)c2ccccc21. The number of carbonyl (C=O) groups excluding carboxylic acids is 1. The number of rotatable bonds is 7. The molecule has 0 bridgehead atoms. The van der Waals surface area contributed by atoms with E-state index in [1.807, 2.05) is 6.92 Å². The number of aromatic nitrogens is 1. The van der Waals surface area contributed by atoms with Crippen LogP contribution in [-0.4, -0.2) is 30.4 Å². The zero-order chi connectivity index (χ0) is 25.3. The molecule has 8 nitrogen and oxygen atoms in total. The number of aryl methyl sites for hydroxylation is 1. The lowest BCUT2D eigenvalue weighted by molar-refractivity contribution is -0.481. The summed E-state index contributed by atoms with van der Waals surface area (Å²) in [5, 5.41) is 12.3. The molecule has 10 heteroatoms. The second kappa shape index (κ2) is 9.63. The molecule has 0 fully saturated rings. The number of nitrogens with one attached hydrogen (secondary N) is 1. The Bertz CT molecular complexity index is 1550. The summed E-state index contributed by atoms with van der Waals surface area (Å²) in [6.07, 6.45) is 0. The lowest BCUT2D eigenvalue weighted by Crippen LogP contribution is -2.21. The van der Waals surface area contributed by atoms with Crippen molar-refractivity contribution >= 4 is 48.6 Å². The molecule has 0 saturated carbocycles. The third-order valence-electron chi connectivity index (χ3n) is 5.75. The summed E-state index contributed by atoms with van der Waals surface area (Å²) < 4.78 is 31.3. The quantitative estimate of drug-likeness (QED) is 0.236. The first kappa shape index (κ1) is 24.6. The molecule has 180 valence electrons. The molecule has 1 aromatic heterocycles. The van der Waals surface area contributed by atoms with Crippen LogP contribution in [0.3, 0.4) is 0 Å². The molecule has 0 saturated heterocycles. The van der Waals surface area contributed by atoms with Gasteiger partial charge in [0.1, 0.15) is 5.82 Å². The van der Waals surface area contributed by atoms with Crippen molar-refractivity contribution in [3.63, 3.8) is 0 Å². The fourth-order valence-electron chi connectivity index (χ4n) is 4.20. The van der Waals surface area contributed by atoms with Gasteiger partial charge in [0, 0.05) is 27.3 Å². The number of fused-ring (bicyclic) bond motifs is 1. The highest BCUT2D eigenvalue weighted by Crippen LogP contribution is 2.42. The maximum absolute atomic E-state index is 13.4. The lowest BCUT2D eigenvalue weighted by atomic mass is 9.90. The molecule has 4 aromatic rings. The second-order valence-corrected chi connectivity index (χ2v) is 10.7. The molecule has 0 radical (unpaired) electrons. The Labute approximate surface area is 210 Å². The molecule has 1 N–H and O–H groups in total. The van der Waals surface area contributed by atoms with Crippen molar-refractivity contribution in [2.75, 3.05) is 11.3 Å². The van der Waals surface area contributed by atoms with Crippen LogP contribution >= 0.6 is 15.9 Å². The number of nitrogens with zero attached hydrogens (tertiary/aromatic N) is 2. The Kier molecular flexibility index (Phi) is 6.77. The monoisotopic (exact) mass is 555 g/mol. The smallest absolute Gasteiger partial charge is 0.263 e. The third kappa shape index (κ3) is 4.85. The van der Waals surface area contributed by atoms with Crippen molar-refractivity contribution in [1.29, 1.82) is 0 Å². The first-order valence-electron chi connectivity index (χ1n) is 10.7. The van der Waals surface area contributed by atoms with E-state index < -0.39 is 33.3 Å². The van der Waals surface area contributed by atoms with Crippen molar-refractivity contribution in [3.8, 4) is 0 Å². The van der Waals surface area contributed by atoms with Gasteiger partial charge in [-0.25, -0.2) is 8.42 Å². The number of nitro groups is 1. The van der Waals surface area contributed by atoms with E-state index in [0.29, 0.717) is 26.5 Å². The second-order valence-electron chi connectivity index (χ2n) is 8.14. The summed E-state index contributed by atoms with van der Waals surface area (Å²) in [6, 6.07) is 20.2. The van der Waals surface area contributed by atoms with Crippen LogP contribution in [0.25, 0.3) is 10.9 Å². The van der Waals surface area contributed by atoms with Crippen molar-refractivity contribution in [2.24, 2.45) is 0 Å². The number of para-hydroxylation sites is 1. The van der Waals surface area contributed by atoms with Crippen molar-refractivity contribution in [1.82, 2.24) is 4.57 Å². The number of anilines is 1. The van der Waals surface area contributed by atoms with E-state index in [1.165, 1.54) is 23.6 Å². The fourth-order valence-corrected chi connectivity index (χ4v) is 5.83. The van der Waals surface area contributed by atoms with Crippen LogP contribution in [-0.2, 0) is 10.0 Å². The molecule has 1 heterocycles. The highest BCUT2D eigenvalue weighted by Gasteiger charge is 2.33. The van der Waals surface area contributed by atoms with Gasteiger partial charge < -0.3 is 0 Å². The van der Waals surface area contributed by atoms with Crippen LogP contribution in [0.5, 0.6) is 0 Å². The van der Waals surface area contributed by atoms with E-state index >= 15 is 0 Å². The van der Waals surface area contributed by atoms with Crippen molar-refractivity contribution in [2.45, 2.75) is 24.7 Å². The summed E-state index contributed by atoms with van der Waals surface area (Å²) in [7, 11) is -4.12. The van der Waals surface area contributed by atoms with E-state index in [-0.39, 0.29) is 10.7 Å². The lowest BCUT2D eigenvalue weighted by Gasteiger charge is -2.19. The van der Waals surface area contributed by atoms with Gasteiger partial charge in [0.2, 0.25) is 12.5 Å². The van der Waals surface area contributed by atoms with Gasteiger partial charge in [-0.15, -0.1) is 0 Å². The maximum atomic E-state index is 13.4. The highest BCUT2D eigenvalue weighted by molar-refractivity contribution is 9.10. The maximum Gasteiger partial charge on any atom is 0.263 e. The fraction of sp³-hybridized carbons (Fsp3) is 0.160. The summed E-state index contributed by atoms with van der Waals surface area (Å²) in [6.45, 7) is 2.66. The van der Waals surface area contributed by atoms with E-state index in [9.17, 15) is 23.3 Å². The normalized spacial score (nSPS) is 12.4. The van der Waals surface area contributed by atoms with Crippen LogP contribution in [0.1, 0.15) is 34.3 Å². The predicted octanol–water partition coefficient (Wildman–Crippen LogP) is 5.58. The molecule has 3 aromatic carbocycles. The first-order chi connectivity index (χ1) is 16.6. The standard InChI is InChI=1S/C25H22BrN3O5S/c1-16-11-13-18(14-12-16)35(33,34)27-25-24(20-8-4-6-10-23(20)29(25)17(2)30)21(15-28(31)32)19-7-3-5-9-22(19)26/h3-14,21,27H,15H2,1-2H3. The summed E-state index contributed by atoms with van der Waals surface area (Å²) in [5.74, 6) is -1.29. The van der Waals surface area contributed by atoms with Gasteiger partial charge in [0.15, 0.2) is 0 Å². The third-order valence-corrected chi connectivity index (χ3v) is 7.83. The average molecular weight is 556 g/mol. The molecule has 4 rings (SSSR count). The Morgan fingerprint density at radius 3 is 2.31 bits per heavy atom. The van der Waals surface area contributed by atoms with E-state index in [1.54, 1.807) is 60.7 Å². The Balaban J connectivity index is 2.03. The van der Waals surface area contributed by atoms with Crippen LogP contribution in [0.15, 0.2) is 82.2 Å². The van der Waals surface area contributed by atoms with Crippen LogP contribution in [0, 0.1) is 17.0 Å². The molecule has 0 amide bonds. The van der Waals surface area contributed by atoms with E-state index in [2.05, 4.69) is 20.7 Å². The minimum Gasteiger partial charge on any atom is -0.274 e. The molecule has 0 aliphatic rings. The van der Waals surface area contributed by atoms with E-state index in [0.717, 1.165) is 5.56 Å². The predicted molar refractivity (Wildman–Crippen MR) is 138 cm³/mol. The van der Waals surface area contributed by atoms with Gasteiger partial charge in [-0.2, -0.15) is 0 Å². The Morgan fingerprint density at radius 2 is 1.69 bits per heavy atom. The number of hydrogen-bond donors (Lipinski definition) is 1. The number of benzene rings is 3. The number of hydrogen-bond acceptors (Lipinski definition) is 5. The largest absolute Gasteiger partial charge is 0.274 e. The number of carbonyl (C=O) groups is 1. The topological polar surface area (TPSA) is 111 Å². The number of halogens is 1. The minimum atomic E-state index is -4.12. The molecule has 0 aliphatic carbocycles. The highest BCUT2D eigenvalue weighted by atomic mass is 79.9. The molecule has 0 aliphatic heterocycles. The zero-order valence-corrected chi connectivity index (χ0v) is 21.3. The summed E-state index contributed by atoms with van der Waals surface area (Å²) in [5.41, 5.74) is 2.31. The molecular weight excluding hydrogens is 534 g/mol. The van der Waals surface area contributed by atoms with Gasteiger partial charge in [-0.1, -0.05) is 70.0 Å². The van der Waals surface area contributed by atoms with Crippen molar-refractivity contribution < 1.29 is 18.1 Å². The molecule has 35 heavy (non-hydrogen) atoms. The van der Waals surface area contributed by atoms with Gasteiger partial charge in [0.05, 0.1) is 16.3 Å². The number of sulfonamides is 1. The summed E-state index contributed by atoms with van der Waals surface area (Å²) >= 11 is 3.48. The van der Waals surface area contributed by atoms with Crippen LogP contribution in [0.4, 0.5) is 5.82 Å². The average Bonchev–Trinajstić information content (AvgIpc) is 3.11. The first-order valence-corrected chi connectivity index (χ1v) is 13.0. The molecule has 0 spiro atoms.